The maximum Gasteiger partial charge on any atom is 0.325 e. The van der Waals surface area contributed by atoms with Gasteiger partial charge in [0, 0.05) is 6.54 Å². The molecule has 1 amide bonds. The summed E-state index contributed by atoms with van der Waals surface area (Å²) in [7, 11) is 1.72. The quantitative estimate of drug-likeness (QED) is 0.623. The summed E-state index contributed by atoms with van der Waals surface area (Å²) in [4.78, 5) is 24.6. The molecule has 1 aliphatic rings. The molecule has 5 nitrogen and oxygen atoms in total. The average Bonchev–Trinajstić information content (AvgIpc) is 3.01. The Kier molecular flexibility index (Phi) is 5.25. The smallest absolute Gasteiger partial charge is 0.325 e. The van der Waals surface area contributed by atoms with Crippen molar-refractivity contribution in [3.63, 3.8) is 0 Å². The van der Waals surface area contributed by atoms with Crippen LogP contribution in [0.1, 0.15) is 19.8 Å². The summed E-state index contributed by atoms with van der Waals surface area (Å²) in [5.41, 5.74) is 0. The third kappa shape index (κ3) is 4.61. The summed E-state index contributed by atoms with van der Waals surface area (Å²) in [6, 6.07) is 0. The molecule has 0 unspecified atom stereocenters. The van der Waals surface area contributed by atoms with Crippen molar-refractivity contribution in [3.05, 3.63) is 0 Å². The summed E-state index contributed by atoms with van der Waals surface area (Å²) >= 11 is 0. The van der Waals surface area contributed by atoms with Crippen molar-refractivity contribution < 1.29 is 14.3 Å². The van der Waals surface area contributed by atoms with Crippen molar-refractivity contribution in [1.29, 1.82) is 0 Å². The van der Waals surface area contributed by atoms with Gasteiger partial charge in [-0.1, -0.05) is 0 Å². The van der Waals surface area contributed by atoms with Crippen molar-refractivity contribution in [1.82, 2.24) is 10.2 Å². The van der Waals surface area contributed by atoms with Gasteiger partial charge in [-0.25, -0.2) is 0 Å². The highest BCUT2D eigenvalue weighted by molar-refractivity contribution is 5.83. The number of carbonyl (C=O) groups excluding carboxylic acids is 2. The highest BCUT2D eigenvalue weighted by Gasteiger charge is 2.27. The van der Waals surface area contributed by atoms with Crippen molar-refractivity contribution >= 4 is 11.9 Å². The molecule has 1 saturated carbocycles. The molecule has 0 aromatic heterocycles. The van der Waals surface area contributed by atoms with Crippen LogP contribution in [0, 0.1) is 5.92 Å². The number of rotatable bonds is 7. The lowest BCUT2D eigenvalue weighted by Crippen LogP contribution is -2.42. The molecule has 0 saturated heterocycles. The van der Waals surface area contributed by atoms with Crippen LogP contribution in [0.4, 0.5) is 0 Å². The Morgan fingerprint density at radius 1 is 1.44 bits per heavy atom. The van der Waals surface area contributed by atoms with Crippen LogP contribution in [0.5, 0.6) is 0 Å². The number of nitrogens with one attached hydrogen (secondary N) is 1. The largest absolute Gasteiger partial charge is 0.465 e. The number of amides is 1. The Labute approximate surface area is 96.1 Å². The molecule has 0 aromatic rings. The molecule has 1 rings (SSSR count). The second kappa shape index (κ2) is 6.48. The van der Waals surface area contributed by atoms with Gasteiger partial charge >= 0.3 is 5.97 Å². The Bertz CT molecular complexity index is 252. The fraction of sp³-hybridized carbons (Fsp3) is 0.818. The number of esters is 1. The van der Waals surface area contributed by atoms with Gasteiger partial charge in [-0.3, -0.25) is 9.59 Å². The Morgan fingerprint density at radius 3 is 2.62 bits per heavy atom. The Hall–Kier alpha value is -1.10. The summed E-state index contributed by atoms with van der Waals surface area (Å²) in [5, 5.41) is 2.80. The van der Waals surface area contributed by atoms with E-state index >= 15 is 0 Å². The van der Waals surface area contributed by atoms with E-state index in [1.165, 1.54) is 0 Å². The molecule has 0 aromatic carbocycles. The SMILES string of the molecule is CCOC(=O)CN(CC1CC1)C(=O)CNC. The zero-order valence-corrected chi connectivity index (χ0v) is 9.99. The summed E-state index contributed by atoms with van der Waals surface area (Å²) in [5.74, 6) is 0.213. The molecule has 0 spiro atoms. The van der Waals surface area contributed by atoms with Crippen LogP contribution in [0.25, 0.3) is 0 Å². The monoisotopic (exact) mass is 228 g/mol. The van der Waals surface area contributed by atoms with Crippen LogP contribution in [0.3, 0.4) is 0 Å². The zero-order chi connectivity index (χ0) is 12.0. The van der Waals surface area contributed by atoms with Crippen LogP contribution in [-0.2, 0) is 14.3 Å². The van der Waals surface area contributed by atoms with E-state index in [0.29, 0.717) is 19.1 Å². The summed E-state index contributed by atoms with van der Waals surface area (Å²) in [6.45, 7) is 3.14. The molecule has 1 aliphatic carbocycles. The van der Waals surface area contributed by atoms with Gasteiger partial charge in [0.15, 0.2) is 0 Å². The summed E-state index contributed by atoms with van der Waals surface area (Å²) in [6.07, 6.45) is 2.32. The van der Waals surface area contributed by atoms with Crippen LogP contribution in [0.2, 0.25) is 0 Å². The Morgan fingerprint density at radius 2 is 2.12 bits per heavy atom. The molecule has 0 radical (unpaired) electrons. The van der Waals surface area contributed by atoms with Crippen molar-refractivity contribution in [3.8, 4) is 0 Å². The van der Waals surface area contributed by atoms with Crippen molar-refractivity contribution in [2.45, 2.75) is 19.8 Å². The van der Waals surface area contributed by atoms with E-state index < -0.39 is 0 Å². The van der Waals surface area contributed by atoms with E-state index in [2.05, 4.69) is 5.32 Å². The molecule has 0 heterocycles. The first kappa shape index (κ1) is 13.0. The molecule has 0 aliphatic heterocycles. The Balaban J connectivity index is 2.41. The molecular formula is C11H20N2O3. The highest BCUT2D eigenvalue weighted by Crippen LogP contribution is 2.29. The normalized spacial score (nSPS) is 14.6. The summed E-state index contributed by atoms with van der Waals surface area (Å²) < 4.78 is 4.85. The topological polar surface area (TPSA) is 58.6 Å². The number of likely N-dealkylation sites (N-methyl/N-ethyl adjacent to an activating group) is 1. The number of carbonyl (C=O) groups is 2. The van der Waals surface area contributed by atoms with Gasteiger partial charge in [-0.15, -0.1) is 0 Å². The lowest BCUT2D eigenvalue weighted by molar-refractivity contribution is -0.148. The molecule has 92 valence electrons. The van der Waals surface area contributed by atoms with Crippen LogP contribution >= 0.6 is 0 Å². The predicted molar refractivity (Wildman–Crippen MR) is 59.9 cm³/mol. The van der Waals surface area contributed by atoms with Crippen LogP contribution in [0.15, 0.2) is 0 Å². The van der Waals surface area contributed by atoms with E-state index in [-0.39, 0.29) is 25.0 Å². The van der Waals surface area contributed by atoms with Crippen molar-refractivity contribution in [2.24, 2.45) is 5.92 Å². The van der Waals surface area contributed by atoms with Gasteiger partial charge < -0.3 is 15.0 Å². The third-order valence-electron chi connectivity index (χ3n) is 2.48. The predicted octanol–water partition coefficient (Wildman–Crippen LogP) is 0.00750. The van der Waals surface area contributed by atoms with Gasteiger partial charge in [-0.2, -0.15) is 0 Å². The standard InChI is InChI=1S/C11H20N2O3/c1-3-16-11(15)8-13(7-9-4-5-9)10(14)6-12-2/h9,12H,3-8H2,1-2H3. The highest BCUT2D eigenvalue weighted by atomic mass is 16.5. The minimum atomic E-state index is -0.326. The van der Waals surface area contributed by atoms with Crippen LogP contribution in [-0.4, -0.2) is 50.1 Å². The molecule has 0 atom stereocenters. The van der Waals surface area contributed by atoms with Gasteiger partial charge in [0.1, 0.15) is 6.54 Å². The van der Waals surface area contributed by atoms with Gasteiger partial charge in [0.25, 0.3) is 0 Å². The molecule has 1 fully saturated rings. The molecule has 5 heteroatoms. The maximum absolute atomic E-state index is 11.7. The fourth-order valence-electron chi connectivity index (χ4n) is 1.49. The second-order valence-corrected chi connectivity index (χ2v) is 4.05. The van der Waals surface area contributed by atoms with Gasteiger partial charge in [0.05, 0.1) is 13.2 Å². The lowest BCUT2D eigenvalue weighted by atomic mass is 10.3. The number of hydrogen-bond acceptors (Lipinski definition) is 4. The molecule has 1 N–H and O–H groups in total. The number of ether oxygens (including phenoxy) is 1. The first-order valence-corrected chi connectivity index (χ1v) is 5.75. The van der Waals surface area contributed by atoms with E-state index in [9.17, 15) is 9.59 Å². The van der Waals surface area contributed by atoms with Crippen molar-refractivity contribution in [2.75, 3.05) is 33.3 Å². The zero-order valence-electron chi connectivity index (χ0n) is 9.99. The van der Waals surface area contributed by atoms with E-state index in [1.807, 2.05) is 0 Å². The minimum absolute atomic E-state index is 0.0394. The lowest BCUT2D eigenvalue weighted by Gasteiger charge is -2.21. The number of hydrogen-bond donors (Lipinski definition) is 1. The average molecular weight is 228 g/mol. The van der Waals surface area contributed by atoms with Gasteiger partial charge in [-0.05, 0) is 32.7 Å². The van der Waals surface area contributed by atoms with E-state index in [0.717, 1.165) is 12.8 Å². The first-order chi connectivity index (χ1) is 7.67. The number of nitrogens with zero attached hydrogens (tertiary/aromatic N) is 1. The fourth-order valence-corrected chi connectivity index (χ4v) is 1.49. The molecular weight excluding hydrogens is 208 g/mol. The van der Waals surface area contributed by atoms with Crippen LogP contribution < -0.4 is 5.32 Å². The van der Waals surface area contributed by atoms with Gasteiger partial charge in [0.2, 0.25) is 5.91 Å². The second-order valence-electron chi connectivity index (χ2n) is 4.05. The minimum Gasteiger partial charge on any atom is -0.465 e. The first-order valence-electron chi connectivity index (χ1n) is 5.75. The molecule has 16 heavy (non-hydrogen) atoms. The van der Waals surface area contributed by atoms with E-state index in [4.69, 9.17) is 4.74 Å². The van der Waals surface area contributed by atoms with E-state index in [1.54, 1.807) is 18.9 Å². The molecule has 0 bridgehead atoms. The maximum atomic E-state index is 11.7. The third-order valence-corrected chi connectivity index (χ3v) is 2.48.